The SMILES string of the molecule is CC(=O)c1ccc(CS(=O)[O-])cc1. The van der Waals surface area contributed by atoms with Crippen LogP contribution in [0.1, 0.15) is 22.8 Å². The summed E-state index contributed by atoms with van der Waals surface area (Å²) in [6.45, 7) is 1.47. The topological polar surface area (TPSA) is 57.2 Å². The van der Waals surface area contributed by atoms with Crippen LogP contribution in [-0.2, 0) is 16.8 Å². The van der Waals surface area contributed by atoms with Gasteiger partial charge in [0, 0.05) is 11.3 Å². The molecule has 1 aromatic carbocycles. The van der Waals surface area contributed by atoms with Crippen molar-refractivity contribution in [2.45, 2.75) is 12.7 Å². The van der Waals surface area contributed by atoms with E-state index in [-0.39, 0.29) is 11.5 Å². The van der Waals surface area contributed by atoms with Gasteiger partial charge < -0.3 is 4.55 Å². The molecule has 1 atom stereocenters. The Bertz CT molecular complexity index is 329. The summed E-state index contributed by atoms with van der Waals surface area (Å²) < 4.78 is 20.6. The molecular weight excluding hydrogens is 188 g/mol. The number of carbonyl (C=O) groups excluding carboxylic acids is 1. The first-order chi connectivity index (χ1) is 6.09. The lowest BCUT2D eigenvalue weighted by molar-refractivity contribution is 0.101. The molecule has 0 bridgehead atoms. The van der Waals surface area contributed by atoms with Crippen LogP contribution in [0.4, 0.5) is 0 Å². The van der Waals surface area contributed by atoms with Gasteiger partial charge >= 0.3 is 0 Å². The van der Waals surface area contributed by atoms with Crippen LogP contribution in [0.25, 0.3) is 0 Å². The van der Waals surface area contributed by atoms with Gasteiger partial charge in [-0.15, -0.1) is 0 Å². The second-order valence-electron chi connectivity index (χ2n) is 2.70. The van der Waals surface area contributed by atoms with E-state index < -0.39 is 11.1 Å². The number of carbonyl (C=O) groups is 1. The van der Waals surface area contributed by atoms with Crippen molar-refractivity contribution in [2.75, 3.05) is 0 Å². The molecule has 1 aromatic rings. The summed E-state index contributed by atoms with van der Waals surface area (Å²) in [6, 6.07) is 6.55. The summed E-state index contributed by atoms with van der Waals surface area (Å²) in [4.78, 5) is 10.9. The van der Waals surface area contributed by atoms with Crippen LogP contribution in [-0.4, -0.2) is 14.5 Å². The van der Waals surface area contributed by atoms with E-state index in [4.69, 9.17) is 0 Å². The molecule has 3 nitrogen and oxygen atoms in total. The summed E-state index contributed by atoms with van der Waals surface area (Å²) in [7, 11) is 0. The second kappa shape index (κ2) is 4.30. The van der Waals surface area contributed by atoms with E-state index in [0.717, 1.165) is 0 Å². The van der Waals surface area contributed by atoms with E-state index in [9.17, 15) is 13.6 Å². The molecule has 0 spiro atoms. The maximum absolute atomic E-state index is 10.9. The number of benzene rings is 1. The van der Waals surface area contributed by atoms with Gasteiger partial charge in [0.2, 0.25) is 0 Å². The van der Waals surface area contributed by atoms with Gasteiger partial charge in [0.25, 0.3) is 0 Å². The molecule has 0 radical (unpaired) electrons. The molecule has 0 N–H and O–H groups in total. The fourth-order valence-corrected chi connectivity index (χ4v) is 1.44. The van der Waals surface area contributed by atoms with Crippen molar-refractivity contribution in [3.05, 3.63) is 35.4 Å². The molecule has 1 unspecified atom stereocenters. The number of hydrogen-bond acceptors (Lipinski definition) is 3. The predicted octanol–water partition coefficient (Wildman–Crippen LogP) is 1.27. The first-order valence-corrected chi connectivity index (χ1v) is 5.00. The van der Waals surface area contributed by atoms with Gasteiger partial charge in [-0.25, -0.2) is 0 Å². The zero-order chi connectivity index (χ0) is 9.84. The smallest absolute Gasteiger partial charge is 0.159 e. The minimum absolute atomic E-state index is 0.00180. The molecule has 0 heterocycles. The van der Waals surface area contributed by atoms with Crippen LogP contribution < -0.4 is 0 Å². The van der Waals surface area contributed by atoms with Crippen LogP contribution in [0.5, 0.6) is 0 Å². The van der Waals surface area contributed by atoms with Gasteiger partial charge in [0.15, 0.2) is 5.78 Å². The third-order valence-electron chi connectivity index (χ3n) is 1.64. The second-order valence-corrected chi connectivity index (χ2v) is 3.60. The molecule has 0 aromatic heterocycles. The third kappa shape index (κ3) is 3.08. The molecule has 0 saturated heterocycles. The van der Waals surface area contributed by atoms with Crippen LogP contribution in [0.2, 0.25) is 0 Å². The highest BCUT2D eigenvalue weighted by Gasteiger charge is 1.98. The van der Waals surface area contributed by atoms with Crippen molar-refractivity contribution in [1.29, 1.82) is 0 Å². The highest BCUT2D eigenvalue weighted by atomic mass is 32.2. The average molecular weight is 197 g/mol. The molecule has 0 saturated carbocycles. The standard InChI is InChI=1S/C9H10O3S/c1-7(10)9-4-2-8(3-5-9)6-13(11)12/h2-5H,6H2,1H3,(H,11,12)/p-1. The van der Waals surface area contributed by atoms with Gasteiger partial charge in [-0.05, 0) is 12.5 Å². The predicted molar refractivity (Wildman–Crippen MR) is 49.1 cm³/mol. The number of rotatable bonds is 3. The molecule has 0 amide bonds. The molecule has 0 aliphatic carbocycles. The maximum atomic E-state index is 10.9. The quantitative estimate of drug-likeness (QED) is 0.541. The third-order valence-corrected chi connectivity index (χ3v) is 2.21. The highest BCUT2D eigenvalue weighted by molar-refractivity contribution is 7.78. The van der Waals surface area contributed by atoms with Crippen molar-refractivity contribution in [3.8, 4) is 0 Å². The van der Waals surface area contributed by atoms with Crippen molar-refractivity contribution < 1.29 is 13.6 Å². The Labute approximate surface area is 79.1 Å². The van der Waals surface area contributed by atoms with E-state index in [1.54, 1.807) is 24.3 Å². The summed E-state index contributed by atoms with van der Waals surface area (Å²) in [5.74, 6) is -0.0205. The van der Waals surface area contributed by atoms with Crippen molar-refractivity contribution in [3.63, 3.8) is 0 Å². The lowest BCUT2D eigenvalue weighted by Gasteiger charge is -2.04. The van der Waals surface area contributed by atoms with Crippen LogP contribution >= 0.6 is 0 Å². The monoisotopic (exact) mass is 197 g/mol. The zero-order valence-corrected chi connectivity index (χ0v) is 7.97. The average Bonchev–Trinajstić information content (AvgIpc) is 2.04. The molecule has 0 aliphatic heterocycles. The molecule has 70 valence electrons. The largest absolute Gasteiger partial charge is 0.772 e. The van der Waals surface area contributed by atoms with Crippen LogP contribution in [0.3, 0.4) is 0 Å². The Morgan fingerprint density at radius 3 is 2.31 bits per heavy atom. The van der Waals surface area contributed by atoms with Crippen molar-refractivity contribution in [2.24, 2.45) is 0 Å². The number of ketones is 1. The Kier molecular flexibility index (Phi) is 3.33. The summed E-state index contributed by atoms with van der Waals surface area (Å²) >= 11 is -2.07. The van der Waals surface area contributed by atoms with E-state index >= 15 is 0 Å². The van der Waals surface area contributed by atoms with Gasteiger partial charge in [-0.1, -0.05) is 35.3 Å². The molecule has 0 fully saturated rings. The minimum atomic E-state index is -2.07. The fraction of sp³-hybridized carbons (Fsp3) is 0.222. The van der Waals surface area contributed by atoms with E-state index in [0.29, 0.717) is 11.1 Å². The Morgan fingerprint density at radius 2 is 1.92 bits per heavy atom. The Hall–Kier alpha value is -1.00. The summed E-state index contributed by atoms with van der Waals surface area (Å²) in [5, 5.41) is 0. The minimum Gasteiger partial charge on any atom is -0.772 e. The van der Waals surface area contributed by atoms with Crippen molar-refractivity contribution >= 4 is 16.9 Å². The fourth-order valence-electron chi connectivity index (χ4n) is 0.972. The Morgan fingerprint density at radius 1 is 1.38 bits per heavy atom. The zero-order valence-electron chi connectivity index (χ0n) is 7.15. The summed E-state index contributed by atoms with van der Waals surface area (Å²) in [5.41, 5.74) is 1.29. The Balaban J connectivity index is 2.81. The first-order valence-electron chi connectivity index (χ1n) is 3.75. The normalized spacial score (nSPS) is 12.5. The van der Waals surface area contributed by atoms with Crippen LogP contribution in [0.15, 0.2) is 24.3 Å². The van der Waals surface area contributed by atoms with Crippen LogP contribution in [0, 0.1) is 0 Å². The van der Waals surface area contributed by atoms with Gasteiger partial charge in [-0.3, -0.25) is 9.00 Å². The first kappa shape index (κ1) is 10.1. The summed E-state index contributed by atoms with van der Waals surface area (Å²) in [6.07, 6.45) is 0. The van der Waals surface area contributed by atoms with E-state index in [1.165, 1.54) is 6.92 Å². The van der Waals surface area contributed by atoms with E-state index in [1.807, 2.05) is 0 Å². The molecule has 1 rings (SSSR count). The molecule has 13 heavy (non-hydrogen) atoms. The molecule has 4 heteroatoms. The van der Waals surface area contributed by atoms with Gasteiger partial charge in [0.1, 0.15) is 0 Å². The molecular formula is C9H9O3S-. The lowest BCUT2D eigenvalue weighted by atomic mass is 10.1. The number of hydrogen-bond donors (Lipinski definition) is 0. The van der Waals surface area contributed by atoms with Gasteiger partial charge in [0.05, 0.1) is 0 Å². The number of Topliss-reactive ketones (excluding diaryl/α,β-unsaturated/α-hetero) is 1. The van der Waals surface area contributed by atoms with Gasteiger partial charge in [-0.2, -0.15) is 0 Å². The van der Waals surface area contributed by atoms with E-state index in [2.05, 4.69) is 0 Å². The van der Waals surface area contributed by atoms with Crippen molar-refractivity contribution in [1.82, 2.24) is 0 Å². The molecule has 0 aliphatic rings. The highest BCUT2D eigenvalue weighted by Crippen LogP contribution is 2.06. The lowest BCUT2D eigenvalue weighted by Crippen LogP contribution is -1.95. The maximum Gasteiger partial charge on any atom is 0.159 e.